The van der Waals surface area contributed by atoms with Crippen LogP contribution in [0.4, 0.5) is 0 Å². The minimum absolute atomic E-state index is 0. The fraction of sp³-hybridized carbons (Fsp3) is 0.0769. The van der Waals surface area contributed by atoms with Gasteiger partial charge in [-0.2, -0.15) is 0 Å². The SMILES string of the molecule is O=S(=O)([O-])Cc1ccc(-c2ccccc2)cc1.[Na+]. The van der Waals surface area contributed by atoms with Gasteiger partial charge in [-0.25, -0.2) is 8.42 Å². The molecule has 2 aromatic rings. The van der Waals surface area contributed by atoms with Crippen molar-refractivity contribution in [3.05, 3.63) is 60.2 Å². The van der Waals surface area contributed by atoms with Crippen molar-refractivity contribution in [2.24, 2.45) is 0 Å². The molecule has 0 atom stereocenters. The van der Waals surface area contributed by atoms with E-state index in [1.54, 1.807) is 12.1 Å². The average molecular weight is 270 g/mol. The molecule has 2 aromatic carbocycles. The van der Waals surface area contributed by atoms with Crippen molar-refractivity contribution in [1.29, 1.82) is 0 Å². The first-order chi connectivity index (χ1) is 8.04. The molecule has 0 heterocycles. The van der Waals surface area contributed by atoms with Gasteiger partial charge in [0.2, 0.25) is 0 Å². The Balaban J connectivity index is 0.00000162. The van der Waals surface area contributed by atoms with Gasteiger partial charge < -0.3 is 4.55 Å². The van der Waals surface area contributed by atoms with Crippen LogP contribution in [0.15, 0.2) is 54.6 Å². The van der Waals surface area contributed by atoms with Crippen LogP contribution in [0.1, 0.15) is 5.56 Å². The van der Waals surface area contributed by atoms with E-state index in [4.69, 9.17) is 0 Å². The van der Waals surface area contributed by atoms with E-state index in [9.17, 15) is 13.0 Å². The number of hydrogen-bond acceptors (Lipinski definition) is 3. The summed E-state index contributed by atoms with van der Waals surface area (Å²) in [6.45, 7) is 0. The summed E-state index contributed by atoms with van der Waals surface area (Å²) in [5.41, 5.74) is 2.57. The standard InChI is InChI=1S/C13H12O3S.Na/c14-17(15,16)10-11-6-8-13(9-7-11)12-4-2-1-3-5-12;/h1-9H,10H2,(H,14,15,16);/q;+1/p-1. The van der Waals surface area contributed by atoms with Gasteiger partial charge in [-0.05, 0) is 16.7 Å². The first-order valence-corrected chi connectivity index (χ1v) is 6.70. The number of benzene rings is 2. The first kappa shape index (κ1) is 15.4. The molecule has 0 amide bonds. The Morgan fingerprint density at radius 3 is 1.83 bits per heavy atom. The van der Waals surface area contributed by atoms with E-state index in [0.29, 0.717) is 5.56 Å². The molecule has 0 saturated heterocycles. The fourth-order valence-corrected chi connectivity index (χ4v) is 2.23. The second-order valence-electron chi connectivity index (χ2n) is 3.76. The molecule has 0 N–H and O–H groups in total. The second kappa shape index (κ2) is 6.50. The first-order valence-electron chi connectivity index (χ1n) is 5.12. The summed E-state index contributed by atoms with van der Waals surface area (Å²) in [5, 5.41) is 0. The molecule has 0 bridgehead atoms. The molecule has 18 heavy (non-hydrogen) atoms. The van der Waals surface area contributed by atoms with Crippen molar-refractivity contribution < 1.29 is 42.5 Å². The van der Waals surface area contributed by atoms with E-state index in [1.165, 1.54) is 0 Å². The van der Waals surface area contributed by atoms with Crippen molar-refractivity contribution in [3.63, 3.8) is 0 Å². The summed E-state index contributed by atoms with van der Waals surface area (Å²) in [5.74, 6) is -0.456. The minimum Gasteiger partial charge on any atom is -0.748 e. The third-order valence-electron chi connectivity index (χ3n) is 2.40. The van der Waals surface area contributed by atoms with E-state index in [2.05, 4.69) is 0 Å². The molecule has 2 rings (SSSR count). The van der Waals surface area contributed by atoms with Gasteiger partial charge in [0, 0.05) is 0 Å². The topological polar surface area (TPSA) is 57.2 Å². The fourth-order valence-electron chi connectivity index (χ4n) is 1.63. The van der Waals surface area contributed by atoms with Gasteiger partial charge in [0.05, 0.1) is 15.9 Å². The summed E-state index contributed by atoms with van der Waals surface area (Å²) in [7, 11) is -4.20. The van der Waals surface area contributed by atoms with Crippen molar-refractivity contribution in [3.8, 4) is 11.1 Å². The van der Waals surface area contributed by atoms with Crippen LogP contribution in [0.2, 0.25) is 0 Å². The van der Waals surface area contributed by atoms with E-state index in [1.807, 2.05) is 42.5 Å². The second-order valence-corrected chi connectivity index (χ2v) is 5.17. The summed E-state index contributed by atoms with van der Waals surface area (Å²) in [4.78, 5) is 0. The molecule has 3 nitrogen and oxygen atoms in total. The molecule has 0 fully saturated rings. The van der Waals surface area contributed by atoms with Crippen LogP contribution in [0.25, 0.3) is 11.1 Å². The molecule has 0 saturated carbocycles. The van der Waals surface area contributed by atoms with Crippen molar-refractivity contribution >= 4 is 10.1 Å². The average Bonchev–Trinajstić information content (AvgIpc) is 2.29. The van der Waals surface area contributed by atoms with Gasteiger partial charge in [0.15, 0.2) is 0 Å². The molecular formula is C13H11NaO3S. The molecule has 88 valence electrons. The third kappa shape index (κ3) is 4.55. The van der Waals surface area contributed by atoms with Crippen LogP contribution in [0.5, 0.6) is 0 Å². The Bertz CT molecular complexity index is 592. The predicted molar refractivity (Wildman–Crippen MR) is 65.3 cm³/mol. The minimum atomic E-state index is -4.20. The van der Waals surface area contributed by atoms with Crippen LogP contribution in [-0.4, -0.2) is 13.0 Å². The van der Waals surface area contributed by atoms with Gasteiger partial charge in [0.25, 0.3) is 0 Å². The summed E-state index contributed by atoms with van der Waals surface area (Å²) in [6.07, 6.45) is 0. The Labute approximate surface area is 129 Å². The smallest absolute Gasteiger partial charge is 0.748 e. The summed E-state index contributed by atoms with van der Waals surface area (Å²) >= 11 is 0. The number of rotatable bonds is 3. The third-order valence-corrected chi connectivity index (χ3v) is 3.09. The zero-order chi connectivity index (χ0) is 12.3. The maximum atomic E-state index is 10.6. The van der Waals surface area contributed by atoms with Crippen LogP contribution >= 0.6 is 0 Å². The predicted octanol–water partition coefficient (Wildman–Crippen LogP) is -0.597. The Morgan fingerprint density at radius 2 is 1.33 bits per heavy atom. The van der Waals surface area contributed by atoms with E-state index in [0.717, 1.165) is 11.1 Å². The van der Waals surface area contributed by atoms with Gasteiger partial charge in [0.1, 0.15) is 0 Å². The van der Waals surface area contributed by atoms with Gasteiger partial charge in [-0.3, -0.25) is 0 Å². The van der Waals surface area contributed by atoms with Crippen LogP contribution in [-0.2, 0) is 15.9 Å². The molecule has 0 aliphatic rings. The Kier molecular flexibility index (Phi) is 5.56. The molecule has 0 aliphatic heterocycles. The molecular weight excluding hydrogens is 259 g/mol. The Hall–Kier alpha value is -0.650. The monoisotopic (exact) mass is 270 g/mol. The molecule has 0 aromatic heterocycles. The maximum absolute atomic E-state index is 10.6. The molecule has 0 unspecified atom stereocenters. The van der Waals surface area contributed by atoms with Crippen LogP contribution in [0.3, 0.4) is 0 Å². The van der Waals surface area contributed by atoms with E-state index in [-0.39, 0.29) is 29.6 Å². The van der Waals surface area contributed by atoms with Gasteiger partial charge >= 0.3 is 29.6 Å². The Morgan fingerprint density at radius 1 is 0.833 bits per heavy atom. The molecule has 5 heteroatoms. The quantitative estimate of drug-likeness (QED) is 0.553. The van der Waals surface area contributed by atoms with Crippen LogP contribution in [0, 0.1) is 0 Å². The summed E-state index contributed by atoms with van der Waals surface area (Å²) in [6, 6.07) is 16.7. The van der Waals surface area contributed by atoms with E-state index < -0.39 is 15.9 Å². The summed E-state index contributed by atoms with van der Waals surface area (Å²) < 4.78 is 31.8. The van der Waals surface area contributed by atoms with Gasteiger partial charge in [-0.15, -0.1) is 0 Å². The van der Waals surface area contributed by atoms with Crippen molar-refractivity contribution in [1.82, 2.24) is 0 Å². The zero-order valence-corrected chi connectivity index (χ0v) is 12.9. The van der Waals surface area contributed by atoms with Crippen molar-refractivity contribution in [2.75, 3.05) is 0 Å². The molecule has 0 aliphatic carbocycles. The normalized spacial score (nSPS) is 10.7. The molecule has 0 radical (unpaired) electrons. The molecule has 0 spiro atoms. The van der Waals surface area contributed by atoms with E-state index >= 15 is 0 Å². The zero-order valence-electron chi connectivity index (χ0n) is 10.0. The van der Waals surface area contributed by atoms with Gasteiger partial charge in [-0.1, -0.05) is 54.6 Å². The number of hydrogen-bond donors (Lipinski definition) is 0. The van der Waals surface area contributed by atoms with Crippen LogP contribution < -0.4 is 29.6 Å². The largest absolute Gasteiger partial charge is 1.00 e. The maximum Gasteiger partial charge on any atom is 1.00 e. The van der Waals surface area contributed by atoms with Crippen molar-refractivity contribution in [2.45, 2.75) is 5.75 Å².